The van der Waals surface area contributed by atoms with Crippen LogP contribution in [0.3, 0.4) is 0 Å². The molecule has 11 heteroatoms. The van der Waals surface area contributed by atoms with E-state index >= 15 is 0 Å². The molecule has 0 unspecified atom stereocenters. The lowest BCUT2D eigenvalue weighted by Gasteiger charge is -2.19. The highest BCUT2D eigenvalue weighted by Crippen LogP contribution is 2.26. The second-order valence-corrected chi connectivity index (χ2v) is 6.14. The first-order chi connectivity index (χ1) is 13.3. The first-order valence-corrected chi connectivity index (χ1v) is 8.34. The van der Waals surface area contributed by atoms with Crippen molar-refractivity contribution in [3.8, 4) is 0 Å². The maximum absolute atomic E-state index is 14.3. The van der Waals surface area contributed by atoms with E-state index in [1.54, 1.807) is 18.2 Å². The molecule has 0 radical (unpaired) electrons. The van der Waals surface area contributed by atoms with Gasteiger partial charge in [-0.1, -0.05) is 29.8 Å². The van der Waals surface area contributed by atoms with E-state index in [2.05, 4.69) is 15.0 Å². The van der Waals surface area contributed by atoms with E-state index in [1.807, 2.05) is 0 Å². The van der Waals surface area contributed by atoms with Crippen molar-refractivity contribution in [1.82, 2.24) is 19.5 Å². The Morgan fingerprint density at radius 3 is 2.64 bits per heavy atom. The van der Waals surface area contributed by atoms with Crippen molar-refractivity contribution in [2.45, 2.75) is 18.4 Å². The van der Waals surface area contributed by atoms with Crippen LogP contribution in [0.2, 0.25) is 5.15 Å². The van der Waals surface area contributed by atoms with Crippen molar-refractivity contribution in [1.29, 1.82) is 0 Å². The fraction of sp³-hybridized carbons (Fsp3) is 0.235. The van der Waals surface area contributed by atoms with E-state index in [-0.39, 0.29) is 21.9 Å². The van der Waals surface area contributed by atoms with Crippen molar-refractivity contribution >= 4 is 34.6 Å². The standard InChI is InChI=1S/C17H13ClF2N4O4/c18-13-12-14(22-8-21-13)24(9-23-12)16(27)17(19,20)6-11(25)7-28-15(26)10-4-2-1-3-5-10/h1-5,8-9,11,25H,6-7H2/t11-/m0/s1. The van der Waals surface area contributed by atoms with Crippen LogP contribution in [-0.4, -0.2) is 55.1 Å². The highest BCUT2D eigenvalue weighted by Gasteiger charge is 2.43. The summed E-state index contributed by atoms with van der Waals surface area (Å²) in [5.74, 6) is -6.40. The molecule has 1 atom stereocenters. The smallest absolute Gasteiger partial charge is 0.338 e. The van der Waals surface area contributed by atoms with Gasteiger partial charge in [0.25, 0.3) is 0 Å². The molecular formula is C17H13ClF2N4O4. The predicted octanol–water partition coefficient (Wildman–Crippen LogP) is 2.36. The van der Waals surface area contributed by atoms with E-state index in [1.165, 1.54) is 12.1 Å². The van der Waals surface area contributed by atoms with Gasteiger partial charge >= 0.3 is 17.8 Å². The number of fused-ring (bicyclic) bond motifs is 1. The molecule has 0 spiro atoms. The van der Waals surface area contributed by atoms with Gasteiger partial charge in [-0.15, -0.1) is 0 Å². The SMILES string of the molecule is O=C(OC[C@@H](O)CC(F)(F)C(=O)n1cnc2c(Cl)ncnc21)c1ccccc1. The minimum atomic E-state index is -3.97. The number of aliphatic hydroxyl groups excluding tert-OH is 1. The minimum absolute atomic E-state index is 0.00865. The Morgan fingerprint density at radius 1 is 1.21 bits per heavy atom. The number of ether oxygens (including phenoxy) is 1. The highest BCUT2D eigenvalue weighted by molar-refractivity contribution is 6.33. The summed E-state index contributed by atoms with van der Waals surface area (Å²) < 4.78 is 34.0. The van der Waals surface area contributed by atoms with Crippen LogP contribution in [0.5, 0.6) is 0 Å². The number of aliphatic hydroxyl groups is 1. The molecule has 146 valence electrons. The number of esters is 1. The Balaban J connectivity index is 1.66. The Morgan fingerprint density at radius 2 is 1.93 bits per heavy atom. The van der Waals surface area contributed by atoms with Crippen molar-refractivity contribution in [2.24, 2.45) is 0 Å². The molecule has 0 aliphatic carbocycles. The number of halogens is 3. The maximum atomic E-state index is 14.3. The molecule has 0 saturated heterocycles. The zero-order valence-corrected chi connectivity index (χ0v) is 14.9. The fourth-order valence-corrected chi connectivity index (χ4v) is 2.58. The van der Waals surface area contributed by atoms with Crippen LogP contribution >= 0.6 is 11.6 Å². The zero-order chi connectivity index (χ0) is 20.3. The third-order valence-corrected chi connectivity index (χ3v) is 4.01. The average Bonchev–Trinajstić information content (AvgIpc) is 3.11. The third kappa shape index (κ3) is 4.12. The molecule has 2 aromatic heterocycles. The molecular weight excluding hydrogens is 398 g/mol. The Labute approximate surface area is 161 Å². The molecule has 3 rings (SSSR count). The van der Waals surface area contributed by atoms with Gasteiger partial charge in [0, 0.05) is 0 Å². The van der Waals surface area contributed by atoms with Crippen LogP contribution in [0.15, 0.2) is 43.0 Å². The molecule has 0 fully saturated rings. The van der Waals surface area contributed by atoms with Gasteiger partial charge in [-0.3, -0.25) is 4.79 Å². The summed E-state index contributed by atoms with van der Waals surface area (Å²) in [6.45, 7) is -0.699. The number of alkyl halides is 2. The topological polar surface area (TPSA) is 107 Å². The number of hydrogen-bond acceptors (Lipinski definition) is 7. The molecule has 0 aliphatic rings. The number of rotatable bonds is 6. The predicted molar refractivity (Wildman–Crippen MR) is 93.3 cm³/mol. The second kappa shape index (κ2) is 7.95. The number of benzene rings is 1. The van der Waals surface area contributed by atoms with Crippen LogP contribution < -0.4 is 0 Å². The van der Waals surface area contributed by atoms with Gasteiger partial charge in [-0.2, -0.15) is 8.78 Å². The minimum Gasteiger partial charge on any atom is -0.459 e. The fourth-order valence-electron chi connectivity index (χ4n) is 2.40. The number of carbonyl (C=O) groups is 2. The molecule has 0 saturated carbocycles. The van der Waals surface area contributed by atoms with Crippen LogP contribution in [0.25, 0.3) is 11.2 Å². The van der Waals surface area contributed by atoms with Crippen molar-refractivity contribution in [3.05, 3.63) is 53.7 Å². The van der Waals surface area contributed by atoms with E-state index in [0.717, 1.165) is 12.7 Å². The summed E-state index contributed by atoms with van der Waals surface area (Å²) in [6, 6.07) is 7.85. The normalized spacial score (nSPS) is 12.7. The van der Waals surface area contributed by atoms with Crippen LogP contribution in [0, 0.1) is 0 Å². The van der Waals surface area contributed by atoms with Crippen molar-refractivity contribution in [2.75, 3.05) is 6.61 Å². The summed E-state index contributed by atoms with van der Waals surface area (Å²) in [7, 11) is 0. The van der Waals surface area contributed by atoms with Crippen LogP contribution in [0.1, 0.15) is 21.6 Å². The van der Waals surface area contributed by atoms with E-state index < -0.39 is 36.9 Å². The number of imidazole rings is 1. The van der Waals surface area contributed by atoms with Gasteiger partial charge in [0.2, 0.25) is 0 Å². The second-order valence-electron chi connectivity index (χ2n) is 5.78. The summed E-state index contributed by atoms with van der Waals surface area (Å²) in [5, 5.41) is 9.71. The molecule has 28 heavy (non-hydrogen) atoms. The molecule has 1 aromatic carbocycles. The van der Waals surface area contributed by atoms with Gasteiger partial charge in [0.1, 0.15) is 24.8 Å². The van der Waals surface area contributed by atoms with Crippen molar-refractivity contribution in [3.63, 3.8) is 0 Å². The lowest BCUT2D eigenvalue weighted by Crippen LogP contribution is -2.38. The average molecular weight is 411 g/mol. The van der Waals surface area contributed by atoms with Crippen LogP contribution in [-0.2, 0) is 4.74 Å². The Hall–Kier alpha value is -2.98. The van der Waals surface area contributed by atoms with Gasteiger partial charge in [-0.25, -0.2) is 24.3 Å². The quantitative estimate of drug-likeness (QED) is 0.491. The Bertz CT molecular complexity index is 1010. The molecule has 8 nitrogen and oxygen atoms in total. The van der Waals surface area contributed by atoms with Gasteiger partial charge < -0.3 is 9.84 Å². The molecule has 0 aliphatic heterocycles. The van der Waals surface area contributed by atoms with Gasteiger partial charge in [0.15, 0.2) is 10.8 Å². The zero-order valence-electron chi connectivity index (χ0n) is 14.1. The number of carbonyl (C=O) groups excluding carboxylic acids is 2. The monoisotopic (exact) mass is 410 g/mol. The molecule has 3 aromatic rings. The van der Waals surface area contributed by atoms with E-state index in [0.29, 0.717) is 4.57 Å². The largest absolute Gasteiger partial charge is 0.459 e. The van der Waals surface area contributed by atoms with Gasteiger partial charge in [-0.05, 0) is 12.1 Å². The summed E-state index contributed by atoms with van der Waals surface area (Å²) in [4.78, 5) is 35.1. The molecule has 1 N–H and O–H groups in total. The Kier molecular flexibility index (Phi) is 5.61. The summed E-state index contributed by atoms with van der Waals surface area (Å²) in [5.41, 5.74) is 0.0133. The first kappa shape index (κ1) is 19.8. The third-order valence-electron chi connectivity index (χ3n) is 3.73. The van der Waals surface area contributed by atoms with E-state index in [9.17, 15) is 23.5 Å². The number of hydrogen-bond donors (Lipinski definition) is 1. The first-order valence-electron chi connectivity index (χ1n) is 7.96. The van der Waals surface area contributed by atoms with Crippen LogP contribution in [0.4, 0.5) is 8.78 Å². The highest BCUT2D eigenvalue weighted by atomic mass is 35.5. The molecule has 2 heterocycles. The van der Waals surface area contributed by atoms with E-state index in [4.69, 9.17) is 16.3 Å². The number of nitrogens with zero attached hydrogens (tertiary/aromatic N) is 4. The summed E-state index contributed by atoms with van der Waals surface area (Å²) in [6.07, 6.45) is -1.17. The van der Waals surface area contributed by atoms with Gasteiger partial charge in [0.05, 0.1) is 18.1 Å². The molecule has 0 amide bonds. The summed E-state index contributed by atoms with van der Waals surface area (Å²) >= 11 is 5.78. The van der Waals surface area contributed by atoms with Crippen molar-refractivity contribution < 1.29 is 28.2 Å². The number of aromatic nitrogens is 4. The molecule has 0 bridgehead atoms. The lowest BCUT2D eigenvalue weighted by molar-refractivity contribution is -0.0441. The lowest BCUT2D eigenvalue weighted by atomic mass is 10.1. The maximum Gasteiger partial charge on any atom is 0.338 e.